The number of nitrogens with one attached hydrogen (secondary N) is 3. The molecule has 1 aliphatic carbocycles. The van der Waals surface area contributed by atoms with Crippen molar-refractivity contribution in [3.05, 3.63) is 54.4 Å². The Hall–Kier alpha value is -2.89. The first-order chi connectivity index (χ1) is 14.0. The van der Waals surface area contributed by atoms with Crippen LogP contribution in [-0.4, -0.2) is 25.5 Å². The molecule has 3 N–H and O–H groups in total. The first kappa shape index (κ1) is 20.8. The standard InChI is InChI=1S/C21H24N4O3S/c1-2-16-5-7-19(8-6-16)25-29(27,28)20-11-9-18(10-12-20)24-21(26)23-15-17-4-3-13-22-14-17/h1,3-4,9-14,16,19,25H,5-8,15H2,(H2,23,24,26). The van der Waals surface area contributed by atoms with Gasteiger partial charge in [0, 0.05) is 36.6 Å². The number of benzene rings is 1. The maximum absolute atomic E-state index is 12.6. The van der Waals surface area contributed by atoms with Crippen molar-refractivity contribution in [3.8, 4) is 12.3 Å². The van der Waals surface area contributed by atoms with Crippen LogP contribution >= 0.6 is 0 Å². The molecule has 152 valence electrons. The molecule has 1 saturated carbocycles. The van der Waals surface area contributed by atoms with Gasteiger partial charge >= 0.3 is 6.03 Å². The predicted octanol–water partition coefficient (Wildman–Crippen LogP) is 2.87. The summed E-state index contributed by atoms with van der Waals surface area (Å²) in [6.07, 6.45) is 11.9. The molecule has 0 radical (unpaired) electrons. The lowest BCUT2D eigenvalue weighted by Crippen LogP contribution is -2.37. The van der Waals surface area contributed by atoms with Crippen LogP contribution in [0.1, 0.15) is 31.2 Å². The van der Waals surface area contributed by atoms with Gasteiger partial charge in [0.1, 0.15) is 0 Å². The Morgan fingerprint density at radius 2 is 1.86 bits per heavy atom. The molecule has 1 heterocycles. The van der Waals surface area contributed by atoms with E-state index in [0.717, 1.165) is 31.2 Å². The summed E-state index contributed by atoms with van der Waals surface area (Å²) in [6, 6.07) is 9.26. The van der Waals surface area contributed by atoms with E-state index < -0.39 is 10.0 Å². The summed E-state index contributed by atoms with van der Waals surface area (Å²) >= 11 is 0. The van der Waals surface area contributed by atoms with Crippen LogP contribution in [0.3, 0.4) is 0 Å². The maximum Gasteiger partial charge on any atom is 0.319 e. The number of pyridine rings is 1. The fraction of sp³-hybridized carbons (Fsp3) is 0.333. The van der Waals surface area contributed by atoms with E-state index in [9.17, 15) is 13.2 Å². The van der Waals surface area contributed by atoms with Crippen LogP contribution in [0, 0.1) is 18.3 Å². The third-order valence-electron chi connectivity index (χ3n) is 4.88. The first-order valence-corrected chi connectivity index (χ1v) is 11.0. The summed E-state index contributed by atoms with van der Waals surface area (Å²) in [5.41, 5.74) is 1.38. The number of hydrogen-bond acceptors (Lipinski definition) is 4. The zero-order valence-corrected chi connectivity index (χ0v) is 16.8. The molecule has 2 aromatic rings. The van der Waals surface area contributed by atoms with Crippen LogP contribution in [0.25, 0.3) is 0 Å². The molecule has 1 aromatic carbocycles. The molecular weight excluding hydrogens is 388 g/mol. The average Bonchev–Trinajstić information content (AvgIpc) is 2.74. The van der Waals surface area contributed by atoms with Gasteiger partial charge in [0.25, 0.3) is 0 Å². The van der Waals surface area contributed by atoms with Crippen molar-refractivity contribution < 1.29 is 13.2 Å². The van der Waals surface area contributed by atoms with E-state index in [1.807, 2.05) is 6.07 Å². The highest BCUT2D eigenvalue weighted by Crippen LogP contribution is 2.25. The largest absolute Gasteiger partial charge is 0.334 e. The van der Waals surface area contributed by atoms with Crippen LogP contribution in [0.5, 0.6) is 0 Å². The number of anilines is 1. The third kappa shape index (κ3) is 6.04. The molecule has 2 amide bonds. The molecule has 7 nitrogen and oxygen atoms in total. The first-order valence-electron chi connectivity index (χ1n) is 9.48. The lowest BCUT2D eigenvalue weighted by molar-refractivity contribution is 0.251. The molecule has 0 atom stereocenters. The SMILES string of the molecule is C#CC1CCC(NS(=O)(=O)c2ccc(NC(=O)NCc3cccnc3)cc2)CC1. The minimum Gasteiger partial charge on any atom is -0.334 e. The molecule has 8 heteroatoms. The zero-order valence-electron chi connectivity index (χ0n) is 16.0. The van der Waals surface area contributed by atoms with Gasteiger partial charge in [-0.1, -0.05) is 6.07 Å². The molecule has 1 aromatic heterocycles. The van der Waals surface area contributed by atoms with Gasteiger partial charge in [-0.25, -0.2) is 17.9 Å². The number of aromatic nitrogens is 1. The zero-order chi connectivity index (χ0) is 20.7. The summed E-state index contributed by atoms with van der Waals surface area (Å²) in [5, 5.41) is 5.40. The number of terminal acetylenes is 1. The smallest absolute Gasteiger partial charge is 0.319 e. The second-order valence-corrected chi connectivity index (χ2v) is 8.74. The van der Waals surface area contributed by atoms with Gasteiger partial charge in [-0.05, 0) is 61.6 Å². The van der Waals surface area contributed by atoms with Gasteiger partial charge in [-0.3, -0.25) is 4.98 Å². The number of sulfonamides is 1. The molecule has 0 bridgehead atoms. The fourth-order valence-electron chi connectivity index (χ4n) is 3.24. The quantitative estimate of drug-likeness (QED) is 0.635. The van der Waals surface area contributed by atoms with Gasteiger partial charge in [0.2, 0.25) is 10.0 Å². The number of nitrogens with zero attached hydrogens (tertiary/aromatic N) is 1. The van der Waals surface area contributed by atoms with Crippen molar-refractivity contribution >= 4 is 21.7 Å². The van der Waals surface area contributed by atoms with Crippen LogP contribution in [-0.2, 0) is 16.6 Å². The topological polar surface area (TPSA) is 100 Å². The Labute approximate surface area is 171 Å². The number of carbonyl (C=O) groups excluding carboxylic acids is 1. The van der Waals surface area contributed by atoms with E-state index in [0.29, 0.717) is 12.2 Å². The molecule has 0 saturated heterocycles. The van der Waals surface area contributed by atoms with E-state index in [1.165, 1.54) is 12.1 Å². The minimum atomic E-state index is -3.61. The van der Waals surface area contributed by atoms with Crippen LogP contribution in [0.4, 0.5) is 10.5 Å². The van der Waals surface area contributed by atoms with Crippen molar-refractivity contribution in [2.75, 3.05) is 5.32 Å². The summed E-state index contributed by atoms with van der Waals surface area (Å²) in [4.78, 5) is 16.1. The monoisotopic (exact) mass is 412 g/mol. The van der Waals surface area contributed by atoms with Gasteiger partial charge < -0.3 is 10.6 Å². The van der Waals surface area contributed by atoms with E-state index >= 15 is 0 Å². The molecule has 1 fully saturated rings. The molecule has 0 unspecified atom stereocenters. The molecule has 0 aliphatic heterocycles. The van der Waals surface area contributed by atoms with Crippen LogP contribution in [0.2, 0.25) is 0 Å². The summed E-state index contributed by atoms with van der Waals surface area (Å²) in [5.74, 6) is 2.98. The van der Waals surface area contributed by atoms with Gasteiger partial charge in [0.15, 0.2) is 0 Å². The molecular formula is C21H24N4O3S. The van der Waals surface area contributed by atoms with E-state index in [1.54, 1.807) is 30.6 Å². The Balaban J connectivity index is 1.52. The lowest BCUT2D eigenvalue weighted by Gasteiger charge is -2.26. The highest BCUT2D eigenvalue weighted by atomic mass is 32.2. The van der Waals surface area contributed by atoms with Crippen molar-refractivity contribution in [2.24, 2.45) is 5.92 Å². The summed E-state index contributed by atoms with van der Waals surface area (Å²) in [6.45, 7) is 0.345. The van der Waals surface area contributed by atoms with E-state index in [-0.39, 0.29) is 22.9 Å². The molecule has 3 rings (SSSR count). The van der Waals surface area contributed by atoms with E-state index in [4.69, 9.17) is 6.42 Å². The van der Waals surface area contributed by atoms with Gasteiger partial charge in [-0.2, -0.15) is 0 Å². The van der Waals surface area contributed by atoms with Crippen molar-refractivity contribution in [2.45, 2.75) is 43.2 Å². The summed E-state index contributed by atoms with van der Waals surface area (Å²) < 4.78 is 27.9. The number of amides is 2. The van der Waals surface area contributed by atoms with Crippen LogP contribution in [0.15, 0.2) is 53.7 Å². The Morgan fingerprint density at radius 3 is 2.48 bits per heavy atom. The van der Waals surface area contributed by atoms with Crippen molar-refractivity contribution in [3.63, 3.8) is 0 Å². The molecule has 29 heavy (non-hydrogen) atoms. The second kappa shape index (κ2) is 9.54. The normalized spacial score (nSPS) is 19.1. The summed E-state index contributed by atoms with van der Waals surface area (Å²) in [7, 11) is -3.61. The van der Waals surface area contributed by atoms with Crippen LogP contribution < -0.4 is 15.4 Å². The Bertz CT molecular complexity index is 961. The second-order valence-electron chi connectivity index (χ2n) is 7.03. The average molecular weight is 413 g/mol. The molecule has 1 aliphatic rings. The minimum absolute atomic E-state index is 0.0966. The van der Waals surface area contributed by atoms with E-state index in [2.05, 4.69) is 26.3 Å². The Kier molecular flexibility index (Phi) is 6.86. The number of carbonyl (C=O) groups is 1. The Morgan fingerprint density at radius 1 is 1.14 bits per heavy atom. The van der Waals surface area contributed by atoms with Crippen molar-refractivity contribution in [1.29, 1.82) is 0 Å². The van der Waals surface area contributed by atoms with Gasteiger partial charge in [0.05, 0.1) is 4.90 Å². The maximum atomic E-state index is 12.6. The van der Waals surface area contributed by atoms with Gasteiger partial charge in [-0.15, -0.1) is 12.3 Å². The third-order valence-corrected chi connectivity index (χ3v) is 6.42. The highest BCUT2D eigenvalue weighted by molar-refractivity contribution is 7.89. The fourth-order valence-corrected chi connectivity index (χ4v) is 4.55. The highest BCUT2D eigenvalue weighted by Gasteiger charge is 2.25. The van der Waals surface area contributed by atoms with Crippen molar-refractivity contribution in [1.82, 2.24) is 15.0 Å². The number of hydrogen-bond donors (Lipinski definition) is 3. The lowest BCUT2D eigenvalue weighted by atomic mass is 9.87. The molecule has 0 spiro atoms. The number of urea groups is 1. The number of rotatable bonds is 6. The predicted molar refractivity (Wildman–Crippen MR) is 111 cm³/mol.